The van der Waals surface area contributed by atoms with Gasteiger partial charge in [0.25, 0.3) is 0 Å². The molecule has 1 unspecified atom stereocenters. The predicted molar refractivity (Wildman–Crippen MR) is 37.2 cm³/mol. The van der Waals surface area contributed by atoms with E-state index in [-0.39, 0.29) is 77.2 Å². The molecule has 0 aliphatic carbocycles. The quantitative estimate of drug-likeness (QED) is 0.240. The average Bonchev–Trinajstić information content (AvgIpc) is 0.722. The van der Waals surface area contributed by atoms with Crippen LogP contribution in [0.15, 0.2) is 0 Å². The first kappa shape index (κ1) is 22.4. The van der Waals surface area contributed by atoms with Crippen molar-refractivity contribution < 1.29 is 19.2 Å². The third-order valence-electron chi connectivity index (χ3n) is 0. The van der Waals surface area contributed by atoms with Gasteiger partial charge in [-0.15, -0.1) is 0 Å². The molecule has 8 heteroatoms. The second-order valence-electron chi connectivity index (χ2n) is 0.600. The second kappa shape index (κ2) is 9.75. The molecule has 0 saturated heterocycles. The molecule has 0 saturated carbocycles. The third-order valence-corrected chi connectivity index (χ3v) is 0. The van der Waals surface area contributed by atoms with E-state index < -0.39 is 9.05 Å². The minimum atomic E-state index is -4.61. The molecule has 0 aliphatic heterocycles. The normalized spacial score (nSPS) is 7.50. The topological polar surface area (TPSA) is 80.9 Å². The molecular weight excluding hydrogens is 186 g/mol. The first-order valence-corrected chi connectivity index (χ1v) is 2.68. The Bertz CT molecular complexity index is 31.5. The van der Waals surface area contributed by atoms with Gasteiger partial charge in [0.2, 0.25) is 0 Å². The molecule has 0 spiro atoms. The summed E-state index contributed by atoms with van der Waals surface area (Å²) in [6.45, 7) is 0. The third kappa shape index (κ3) is 69.6. The summed E-state index contributed by atoms with van der Waals surface area (Å²) in [7, 11) is -4.61. The molecule has 3 radical (unpaired) electrons. The minimum absolute atomic E-state index is 0. The molecule has 0 amide bonds. The van der Waals surface area contributed by atoms with Crippen LogP contribution in [0.1, 0.15) is 0 Å². The van der Waals surface area contributed by atoms with Gasteiger partial charge in [-0.2, -0.15) is 9.90 Å². The van der Waals surface area contributed by atoms with E-state index in [9.17, 15) is 0 Å². The fourth-order valence-corrected chi connectivity index (χ4v) is 0. The van der Waals surface area contributed by atoms with Crippen LogP contribution < -0.4 is 0 Å². The molecule has 1 atom stereocenters. The van der Waals surface area contributed by atoms with Crippen molar-refractivity contribution in [1.29, 1.82) is 0 Å². The summed E-state index contributed by atoms with van der Waals surface area (Å²) in [5.41, 5.74) is 0. The second-order valence-corrected chi connectivity index (χ2v) is 1.80. The minimum Gasteiger partial charge on any atom is -0.368 e. The van der Waals surface area contributed by atoms with Gasteiger partial charge in [0.05, 0.1) is 0 Å². The molecule has 4 nitrogen and oxygen atoms in total. The van der Waals surface area contributed by atoms with Crippen molar-refractivity contribution in [1.82, 2.24) is 0 Å². The maximum atomic E-state index is 7.33. The molecule has 43 valence electrons. The van der Waals surface area contributed by atoms with Gasteiger partial charge >= 0.3 is 9.05 Å². The van der Waals surface area contributed by atoms with Gasteiger partial charge in [0, 0.05) is 67.3 Å². The van der Waals surface area contributed by atoms with Gasteiger partial charge in [-0.3, -0.25) is 0 Å². The van der Waals surface area contributed by atoms with Crippen LogP contribution in [-0.4, -0.2) is 95.5 Å². The summed E-state index contributed by atoms with van der Waals surface area (Å²) in [6.07, 6.45) is 0. The predicted octanol–water partition coefficient (Wildman–Crippen LogP) is -3.31. The van der Waals surface area contributed by atoms with E-state index in [1.54, 1.807) is 0 Å². The zero-order valence-electron chi connectivity index (χ0n) is 4.70. The maximum absolute atomic E-state index is 7.33. The van der Waals surface area contributed by atoms with Crippen LogP contribution in [0.3, 0.4) is 0 Å². The van der Waals surface area contributed by atoms with Gasteiger partial charge in [-0.1, -0.05) is 0 Å². The standard InChI is InChI=1S/Ca.Na.H4O4Si.H3P/c;;1-5(2,3)4;/h;;1-4H;1H3. The Kier molecular flexibility index (Phi) is 27.3. The molecule has 0 rings (SSSR count). The average molecular weight is 193 g/mol. The zero-order chi connectivity index (χ0) is 4.50. The van der Waals surface area contributed by atoms with Gasteiger partial charge in [0.15, 0.2) is 0 Å². The molecule has 8 heavy (non-hydrogen) atoms. The van der Waals surface area contributed by atoms with E-state index in [2.05, 4.69) is 0 Å². The summed E-state index contributed by atoms with van der Waals surface area (Å²) in [4.78, 5) is 29.3. The SMILES string of the molecule is O[Si](O)(O)O.P.[Ca].[Na]. The van der Waals surface area contributed by atoms with Gasteiger partial charge in [0.1, 0.15) is 0 Å². The Morgan fingerprint density at radius 3 is 0.875 bits per heavy atom. The molecule has 0 bridgehead atoms. The van der Waals surface area contributed by atoms with Gasteiger partial charge < -0.3 is 19.2 Å². The van der Waals surface area contributed by atoms with Crippen LogP contribution in [0.2, 0.25) is 0 Å². The Labute approximate surface area is 104 Å². The first-order valence-electron chi connectivity index (χ1n) is 0.894. The van der Waals surface area contributed by atoms with E-state index in [0.29, 0.717) is 0 Å². The van der Waals surface area contributed by atoms with Crippen LogP contribution in [0.25, 0.3) is 0 Å². The molecule has 0 aromatic heterocycles. The van der Waals surface area contributed by atoms with Crippen molar-refractivity contribution in [3.05, 3.63) is 0 Å². The summed E-state index contributed by atoms with van der Waals surface area (Å²) in [5, 5.41) is 0. The summed E-state index contributed by atoms with van der Waals surface area (Å²) in [6, 6.07) is 0. The summed E-state index contributed by atoms with van der Waals surface area (Å²) in [5.74, 6) is 0. The Morgan fingerprint density at radius 2 is 0.875 bits per heavy atom. The monoisotopic (exact) mass is 193 g/mol. The van der Waals surface area contributed by atoms with Crippen LogP contribution >= 0.6 is 9.90 Å². The van der Waals surface area contributed by atoms with Crippen molar-refractivity contribution >= 4 is 86.2 Å². The Hall–Kier alpha value is 2.75. The van der Waals surface area contributed by atoms with E-state index >= 15 is 0 Å². The molecular formula is H7CaNaO4PSi. The van der Waals surface area contributed by atoms with Crippen LogP contribution in [-0.2, 0) is 0 Å². The van der Waals surface area contributed by atoms with Crippen molar-refractivity contribution in [2.24, 2.45) is 0 Å². The number of hydrogen-bond donors (Lipinski definition) is 4. The maximum Gasteiger partial charge on any atom is 0.668 e. The number of rotatable bonds is 0. The van der Waals surface area contributed by atoms with Crippen molar-refractivity contribution in [2.75, 3.05) is 0 Å². The van der Waals surface area contributed by atoms with E-state index in [1.807, 2.05) is 0 Å². The molecule has 0 aromatic carbocycles. The van der Waals surface area contributed by atoms with E-state index in [4.69, 9.17) is 19.2 Å². The molecule has 0 aliphatic rings. The smallest absolute Gasteiger partial charge is 0.368 e. The fraction of sp³-hybridized carbons (Fsp3) is 0. The van der Waals surface area contributed by atoms with Crippen LogP contribution in [0.5, 0.6) is 0 Å². The molecule has 0 aromatic rings. The Morgan fingerprint density at radius 1 is 0.875 bits per heavy atom. The summed E-state index contributed by atoms with van der Waals surface area (Å²) < 4.78 is 0. The van der Waals surface area contributed by atoms with Crippen molar-refractivity contribution in [2.45, 2.75) is 0 Å². The molecule has 0 heterocycles. The molecule has 0 fully saturated rings. The zero-order valence-corrected chi connectivity index (χ0v) is 11.3. The fourth-order valence-electron chi connectivity index (χ4n) is 0. The van der Waals surface area contributed by atoms with Crippen LogP contribution in [0, 0.1) is 0 Å². The van der Waals surface area contributed by atoms with Gasteiger partial charge in [-0.05, 0) is 0 Å². The van der Waals surface area contributed by atoms with Crippen LogP contribution in [0.4, 0.5) is 0 Å². The first-order chi connectivity index (χ1) is 2.00. The molecule has 4 N–H and O–H groups in total. The van der Waals surface area contributed by atoms with Gasteiger partial charge in [-0.25, -0.2) is 0 Å². The van der Waals surface area contributed by atoms with Crippen molar-refractivity contribution in [3.63, 3.8) is 0 Å². The number of hydrogen-bond acceptors (Lipinski definition) is 4. The van der Waals surface area contributed by atoms with E-state index in [1.165, 1.54) is 0 Å². The van der Waals surface area contributed by atoms with E-state index in [0.717, 1.165) is 0 Å². The largest absolute Gasteiger partial charge is 0.668 e. The van der Waals surface area contributed by atoms with Crippen molar-refractivity contribution in [3.8, 4) is 0 Å². The Balaban J connectivity index is -0.0000000267. The summed E-state index contributed by atoms with van der Waals surface area (Å²) >= 11 is 0.